The Hall–Kier alpha value is 0. The van der Waals surface area contributed by atoms with Crippen molar-refractivity contribution < 1.29 is 0 Å². The summed E-state index contributed by atoms with van der Waals surface area (Å²) in [5, 5.41) is 0. The smallest absolute Gasteiger partial charge is 0.0386 e. The molecule has 0 bridgehead atoms. The Morgan fingerprint density at radius 2 is 0.364 bits per heavy atom. The maximum atomic E-state index is 2.50. The standard InChI is InChI=1S/C22H46/c1-13(2)15(5)17(7)19(9)21(11)22(12)20(10)18(8)16(6)14(3)4/h13-22H,1-12H3/t15-,16?,17?,18+,19?,20?,21?,22+/m1/s1. The lowest BCUT2D eigenvalue weighted by atomic mass is 9.65. The van der Waals surface area contributed by atoms with Crippen molar-refractivity contribution in [1.82, 2.24) is 0 Å². The third-order valence-corrected chi connectivity index (χ3v) is 7.91. The average Bonchev–Trinajstić information content (AvgIpc) is 2.48. The van der Waals surface area contributed by atoms with Gasteiger partial charge in [-0.3, -0.25) is 0 Å². The van der Waals surface area contributed by atoms with Crippen LogP contribution < -0.4 is 0 Å². The predicted octanol–water partition coefficient (Wildman–Crippen LogP) is 7.39. The van der Waals surface area contributed by atoms with Crippen molar-refractivity contribution in [3.8, 4) is 0 Å². The fraction of sp³-hybridized carbons (Fsp3) is 1.00. The molecule has 0 saturated heterocycles. The highest BCUT2D eigenvalue weighted by Gasteiger charge is 2.33. The van der Waals surface area contributed by atoms with E-state index in [1.54, 1.807) is 0 Å². The normalized spacial score (nSPS) is 23.7. The van der Waals surface area contributed by atoms with Crippen LogP contribution in [0.5, 0.6) is 0 Å². The molecule has 0 amide bonds. The van der Waals surface area contributed by atoms with Crippen LogP contribution in [0.25, 0.3) is 0 Å². The van der Waals surface area contributed by atoms with Crippen molar-refractivity contribution >= 4 is 0 Å². The fourth-order valence-electron chi connectivity index (χ4n) is 4.09. The van der Waals surface area contributed by atoms with Crippen LogP contribution >= 0.6 is 0 Å². The molecule has 0 aliphatic heterocycles. The van der Waals surface area contributed by atoms with Crippen LogP contribution in [0.2, 0.25) is 0 Å². The second-order valence-electron chi connectivity index (χ2n) is 9.36. The largest absolute Gasteiger partial charge is 0.0625 e. The van der Waals surface area contributed by atoms with Gasteiger partial charge in [0.1, 0.15) is 0 Å². The van der Waals surface area contributed by atoms with Gasteiger partial charge in [-0.05, 0) is 59.2 Å². The van der Waals surface area contributed by atoms with Crippen LogP contribution in [-0.2, 0) is 0 Å². The van der Waals surface area contributed by atoms with Gasteiger partial charge in [-0.1, -0.05) is 83.1 Å². The summed E-state index contributed by atoms with van der Waals surface area (Å²) in [5.74, 6) is 8.02. The Morgan fingerprint density at radius 1 is 0.227 bits per heavy atom. The molecule has 5 unspecified atom stereocenters. The minimum absolute atomic E-state index is 0.789. The Morgan fingerprint density at radius 3 is 0.500 bits per heavy atom. The molecule has 0 rings (SSSR count). The van der Waals surface area contributed by atoms with Crippen molar-refractivity contribution in [2.24, 2.45) is 59.2 Å². The molecule has 0 spiro atoms. The molecule has 0 fully saturated rings. The molecule has 0 nitrogen and oxygen atoms in total. The van der Waals surface area contributed by atoms with Gasteiger partial charge in [0.15, 0.2) is 0 Å². The Balaban J connectivity index is 4.86. The van der Waals surface area contributed by atoms with Gasteiger partial charge in [0.2, 0.25) is 0 Å². The van der Waals surface area contributed by atoms with Gasteiger partial charge in [0, 0.05) is 0 Å². The van der Waals surface area contributed by atoms with Crippen LogP contribution in [0.4, 0.5) is 0 Å². The van der Waals surface area contributed by atoms with E-state index < -0.39 is 0 Å². The molecule has 0 aromatic carbocycles. The zero-order valence-electron chi connectivity index (χ0n) is 17.8. The minimum atomic E-state index is 0.789. The van der Waals surface area contributed by atoms with Crippen molar-refractivity contribution in [3.63, 3.8) is 0 Å². The highest BCUT2D eigenvalue weighted by atomic mass is 14.4. The van der Waals surface area contributed by atoms with Crippen molar-refractivity contribution in [2.75, 3.05) is 0 Å². The van der Waals surface area contributed by atoms with Crippen LogP contribution in [0.3, 0.4) is 0 Å². The number of rotatable bonds is 9. The number of hydrogen-bond donors (Lipinski definition) is 0. The van der Waals surface area contributed by atoms with Crippen LogP contribution in [0, 0.1) is 59.2 Å². The molecular weight excluding hydrogens is 264 g/mol. The maximum absolute atomic E-state index is 2.50. The molecule has 0 heteroatoms. The van der Waals surface area contributed by atoms with Gasteiger partial charge in [-0.2, -0.15) is 0 Å². The Bertz CT molecular complexity index is 260. The minimum Gasteiger partial charge on any atom is -0.0625 e. The first-order valence-corrected chi connectivity index (χ1v) is 9.93. The fourth-order valence-corrected chi connectivity index (χ4v) is 4.09. The van der Waals surface area contributed by atoms with Gasteiger partial charge >= 0.3 is 0 Å². The lowest BCUT2D eigenvalue weighted by Gasteiger charge is -2.40. The Kier molecular flexibility index (Phi) is 9.33. The maximum Gasteiger partial charge on any atom is -0.0386 e. The highest BCUT2D eigenvalue weighted by Crippen LogP contribution is 2.40. The van der Waals surface area contributed by atoms with E-state index in [2.05, 4.69) is 83.1 Å². The summed E-state index contributed by atoms with van der Waals surface area (Å²) >= 11 is 0. The van der Waals surface area contributed by atoms with Crippen LogP contribution in [-0.4, -0.2) is 0 Å². The van der Waals surface area contributed by atoms with Crippen molar-refractivity contribution in [3.05, 3.63) is 0 Å². The van der Waals surface area contributed by atoms with Crippen molar-refractivity contribution in [2.45, 2.75) is 83.1 Å². The average molecular weight is 311 g/mol. The molecule has 0 aliphatic rings. The molecule has 0 aromatic heterocycles. The van der Waals surface area contributed by atoms with E-state index in [1.165, 1.54) is 0 Å². The van der Waals surface area contributed by atoms with E-state index in [-0.39, 0.29) is 0 Å². The SMILES string of the molecule is CC(C)C(C)[C@H](C)C(C)[C@H](C)C(C)C(C)C(C)[C@H](C)C(C)C. The van der Waals surface area contributed by atoms with E-state index in [0.29, 0.717) is 0 Å². The highest BCUT2D eigenvalue weighted by molar-refractivity contribution is 4.82. The van der Waals surface area contributed by atoms with Gasteiger partial charge in [-0.15, -0.1) is 0 Å². The molecule has 0 aromatic rings. The quantitative estimate of drug-likeness (QED) is 0.416. The number of hydrogen-bond acceptors (Lipinski definition) is 0. The second kappa shape index (κ2) is 9.33. The summed E-state index contributed by atoms with van der Waals surface area (Å²) < 4.78 is 0. The van der Waals surface area contributed by atoms with E-state index in [9.17, 15) is 0 Å². The van der Waals surface area contributed by atoms with Crippen LogP contribution in [0.15, 0.2) is 0 Å². The molecule has 0 radical (unpaired) electrons. The van der Waals surface area contributed by atoms with Gasteiger partial charge < -0.3 is 0 Å². The molecule has 8 atom stereocenters. The van der Waals surface area contributed by atoms with E-state index in [0.717, 1.165) is 59.2 Å². The summed E-state index contributed by atoms with van der Waals surface area (Å²) in [6.45, 7) is 29.3. The zero-order chi connectivity index (χ0) is 17.8. The summed E-state index contributed by atoms with van der Waals surface area (Å²) in [6.07, 6.45) is 0. The molecule has 0 N–H and O–H groups in total. The summed E-state index contributed by atoms with van der Waals surface area (Å²) in [5.41, 5.74) is 0. The lowest BCUT2D eigenvalue weighted by Crippen LogP contribution is -2.34. The summed E-state index contributed by atoms with van der Waals surface area (Å²) in [7, 11) is 0. The van der Waals surface area contributed by atoms with Gasteiger partial charge in [0.25, 0.3) is 0 Å². The predicted molar refractivity (Wildman–Crippen MR) is 103 cm³/mol. The van der Waals surface area contributed by atoms with E-state index in [4.69, 9.17) is 0 Å². The molecule has 0 saturated carbocycles. The topological polar surface area (TPSA) is 0 Å². The third kappa shape index (κ3) is 5.57. The molecule has 0 heterocycles. The van der Waals surface area contributed by atoms with E-state index >= 15 is 0 Å². The third-order valence-electron chi connectivity index (χ3n) is 7.91. The summed E-state index contributed by atoms with van der Waals surface area (Å²) in [4.78, 5) is 0. The van der Waals surface area contributed by atoms with Gasteiger partial charge in [-0.25, -0.2) is 0 Å². The first-order valence-electron chi connectivity index (χ1n) is 9.93. The zero-order valence-corrected chi connectivity index (χ0v) is 17.8. The molecule has 134 valence electrons. The van der Waals surface area contributed by atoms with Crippen molar-refractivity contribution in [1.29, 1.82) is 0 Å². The van der Waals surface area contributed by atoms with E-state index in [1.807, 2.05) is 0 Å². The molecule has 22 heavy (non-hydrogen) atoms. The second-order valence-corrected chi connectivity index (χ2v) is 9.36. The Labute approximate surface area is 142 Å². The van der Waals surface area contributed by atoms with Gasteiger partial charge in [0.05, 0.1) is 0 Å². The summed E-state index contributed by atoms with van der Waals surface area (Å²) in [6, 6.07) is 0. The first-order chi connectivity index (χ1) is 9.93. The molecule has 0 aliphatic carbocycles. The monoisotopic (exact) mass is 310 g/mol. The molecular formula is C22H46. The lowest BCUT2D eigenvalue weighted by molar-refractivity contribution is 0.0853. The first kappa shape index (κ1) is 22.0. The van der Waals surface area contributed by atoms with Crippen LogP contribution in [0.1, 0.15) is 83.1 Å².